The fourth-order valence-electron chi connectivity index (χ4n) is 2.80. The van der Waals surface area contributed by atoms with E-state index in [0.29, 0.717) is 13.2 Å². The third kappa shape index (κ3) is 3.40. The number of benzene rings is 1. The normalized spacial score (nSPS) is 19.0. The molecule has 1 unspecified atom stereocenters. The second kappa shape index (κ2) is 6.70. The van der Waals surface area contributed by atoms with E-state index in [1.807, 2.05) is 30.7 Å². The van der Waals surface area contributed by atoms with Gasteiger partial charge in [-0.3, -0.25) is 0 Å². The van der Waals surface area contributed by atoms with Gasteiger partial charge in [-0.25, -0.2) is 4.98 Å². The van der Waals surface area contributed by atoms with E-state index in [-0.39, 0.29) is 6.04 Å². The summed E-state index contributed by atoms with van der Waals surface area (Å²) in [5, 5.41) is 0. The molecule has 1 aromatic heterocycles. The van der Waals surface area contributed by atoms with Crippen molar-refractivity contribution in [2.75, 3.05) is 6.61 Å². The predicted octanol–water partition coefficient (Wildman–Crippen LogP) is 2.82. The summed E-state index contributed by atoms with van der Waals surface area (Å²) in [6.07, 6.45) is 8.80. The number of aromatic nitrogens is 2. The largest absolute Gasteiger partial charge is 0.372 e. The number of nitrogens with two attached hydrogens (primary N) is 1. The number of hydrogen-bond acceptors (Lipinski definition) is 3. The van der Waals surface area contributed by atoms with Crippen LogP contribution >= 0.6 is 0 Å². The average Bonchev–Trinajstić information content (AvgIpc) is 3.04. The van der Waals surface area contributed by atoms with E-state index in [9.17, 15) is 0 Å². The molecule has 1 heterocycles. The number of imidazole rings is 1. The summed E-state index contributed by atoms with van der Waals surface area (Å²) in [4.78, 5) is 4.13. The molecule has 0 spiro atoms. The third-order valence-corrected chi connectivity index (χ3v) is 3.93. The maximum Gasteiger partial charge on any atom is 0.0989 e. The summed E-state index contributed by atoms with van der Waals surface area (Å²) < 4.78 is 7.96. The van der Waals surface area contributed by atoms with Gasteiger partial charge in [0.2, 0.25) is 0 Å². The Kier molecular flexibility index (Phi) is 4.48. The zero-order chi connectivity index (χ0) is 14.5. The minimum Gasteiger partial charge on any atom is -0.372 e. The Hall–Kier alpha value is -1.91. The minimum atomic E-state index is 0.0897. The molecule has 0 aliphatic heterocycles. The summed E-state index contributed by atoms with van der Waals surface area (Å²) >= 11 is 0. The van der Waals surface area contributed by atoms with Gasteiger partial charge in [-0.15, -0.1) is 0 Å². The van der Waals surface area contributed by atoms with Crippen LogP contribution in [0.25, 0.3) is 5.70 Å². The first-order valence-electron chi connectivity index (χ1n) is 7.42. The van der Waals surface area contributed by atoms with Crippen LogP contribution in [0.2, 0.25) is 0 Å². The quantitative estimate of drug-likeness (QED) is 0.918. The highest BCUT2D eigenvalue weighted by Crippen LogP contribution is 2.27. The molecule has 4 nitrogen and oxygen atoms in total. The molecule has 2 N–H and O–H groups in total. The molecule has 1 aliphatic carbocycles. The van der Waals surface area contributed by atoms with Crippen LogP contribution in [0.3, 0.4) is 0 Å². The predicted molar refractivity (Wildman–Crippen MR) is 83.4 cm³/mol. The van der Waals surface area contributed by atoms with Gasteiger partial charge < -0.3 is 15.0 Å². The summed E-state index contributed by atoms with van der Waals surface area (Å²) in [6, 6.07) is 10.3. The Bertz CT molecular complexity index is 590. The van der Waals surface area contributed by atoms with Gasteiger partial charge in [-0.05, 0) is 30.4 Å². The van der Waals surface area contributed by atoms with E-state index < -0.39 is 0 Å². The topological polar surface area (TPSA) is 53.1 Å². The van der Waals surface area contributed by atoms with Gasteiger partial charge >= 0.3 is 0 Å². The van der Waals surface area contributed by atoms with Crippen LogP contribution in [0.15, 0.2) is 54.6 Å². The molecule has 110 valence electrons. The molecule has 0 saturated heterocycles. The summed E-state index contributed by atoms with van der Waals surface area (Å²) in [5.74, 6) is 0. The van der Waals surface area contributed by atoms with Crippen LogP contribution in [0.1, 0.15) is 24.8 Å². The lowest BCUT2D eigenvalue weighted by Gasteiger charge is -2.26. The lowest BCUT2D eigenvalue weighted by atomic mass is 9.92. The summed E-state index contributed by atoms with van der Waals surface area (Å²) in [6.45, 7) is 1.21. The van der Waals surface area contributed by atoms with Crippen LogP contribution in [-0.2, 0) is 11.3 Å². The van der Waals surface area contributed by atoms with E-state index in [2.05, 4.69) is 21.7 Å². The third-order valence-electron chi connectivity index (χ3n) is 3.93. The first-order chi connectivity index (χ1) is 10.3. The summed E-state index contributed by atoms with van der Waals surface area (Å²) in [5.41, 5.74) is 9.92. The van der Waals surface area contributed by atoms with Gasteiger partial charge in [0.1, 0.15) is 0 Å². The van der Waals surface area contributed by atoms with Crippen molar-refractivity contribution < 1.29 is 4.74 Å². The fraction of sp³-hybridized carbons (Fsp3) is 0.353. The molecule has 0 amide bonds. The molecule has 3 rings (SSSR count). The second-order valence-electron chi connectivity index (χ2n) is 5.42. The first-order valence-corrected chi connectivity index (χ1v) is 7.42. The highest BCUT2D eigenvalue weighted by atomic mass is 16.5. The molecule has 0 radical (unpaired) electrons. The lowest BCUT2D eigenvalue weighted by molar-refractivity contribution is 0.138. The van der Waals surface area contributed by atoms with Crippen molar-refractivity contribution in [1.29, 1.82) is 0 Å². The number of nitrogens with zero attached hydrogens (tertiary/aromatic N) is 2. The molecule has 21 heavy (non-hydrogen) atoms. The van der Waals surface area contributed by atoms with Gasteiger partial charge in [0.25, 0.3) is 0 Å². The molecule has 0 bridgehead atoms. The highest BCUT2D eigenvalue weighted by Gasteiger charge is 2.21. The Morgan fingerprint density at radius 1 is 1.24 bits per heavy atom. The number of rotatable bonds is 5. The second-order valence-corrected chi connectivity index (χ2v) is 5.42. The van der Waals surface area contributed by atoms with E-state index in [1.54, 1.807) is 6.20 Å². The highest BCUT2D eigenvalue weighted by molar-refractivity contribution is 5.54. The zero-order valence-corrected chi connectivity index (χ0v) is 12.1. The van der Waals surface area contributed by atoms with E-state index in [4.69, 9.17) is 10.5 Å². The van der Waals surface area contributed by atoms with Crippen LogP contribution in [0.5, 0.6) is 0 Å². The maximum absolute atomic E-state index is 6.28. The van der Waals surface area contributed by atoms with E-state index in [0.717, 1.165) is 19.3 Å². The van der Waals surface area contributed by atoms with Gasteiger partial charge in [0.05, 0.1) is 19.5 Å². The Balaban J connectivity index is 1.71. The molecule has 1 atom stereocenters. The van der Waals surface area contributed by atoms with Crippen molar-refractivity contribution in [2.24, 2.45) is 5.73 Å². The standard InChI is InChI=1S/C17H21N3O/c18-16-7-4-8-17(20-10-9-19-13-20)15(16)12-21-11-14-5-2-1-3-6-14/h1-3,5-6,9-10,13,16H,4,7-8,11-12,18H2. The van der Waals surface area contributed by atoms with Crippen LogP contribution in [0, 0.1) is 0 Å². The molecule has 2 aromatic rings. The number of allylic oxidation sites excluding steroid dienone is 1. The van der Waals surface area contributed by atoms with Gasteiger partial charge in [-0.1, -0.05) is 30.3 Å². The van der Waals surface area contributed by atoms with Gasteiger partial charge in [0, 0.05) is 24.1 Å². The first kappa shape index (κ1) is 14.0. The van der Waals surface area contributed by atoms with Crippen molar-refractivity contribution >= 4 is 5.70 Å². The summed E-state index contributed by atoms with van der Waals surface area (Å²) in [7, 11) is 0. The number of ether oxygens (including phenoxy) is 1. The Morgan fingerprint density at radius 3 is 2.86 bits per heavy atom. The molecular weight excluding hydrogens is 262 g/mol. The minimum absolute atomic E-state index is 0.0897. The van der Waals surface area contributed by atoms with Crippen molar-refractivity contribution in [1.82, 2.24) is 9.55 Å². The molecule has 1 aliphatic rings. The fourth-order valence-corrected chi connectivity index (χ4v) is 2.80. The number of hydrogen-bond donors (Lipinski definition) is 1. The maximum atomic E-state index is 6.28. The molecule has 0 saturated carbocycles. The van der Waals surface area contributed by atoms with Crippen molar-refractivity contribution in [3.05, 3.63) is 60.2 Å². The van der Waals surface area contributed by atoms with Gasteiger partial charge in [0.15, 0.2) is 0 Å². The molecule has 1 aromatic carbocycles. The Morgan fingerprint density at radius 2 is 2.10 bits per heavy atom. The van der Waals surface area contributed by atoms with E-state index >= 15 is 0 Å². The van der Waals surface area contributed by atoms with Crippen molar-refractivity contribution in [3.63, 3.8) is 0 Å². The molecular formula is C17H21N3O. The lowest BCUT2D eigenvalue weighted by Crippen LogP contribution is -2.30. The zero-order valence-electron chi connectivity index (χ0n) is 12.1. The van der Waals surface area contributed by atoms with Crippen molar-refractivity contribution in [2.45, 2.75) is 31.9 Å². The van der Waals surface area contributed by atoms with Gasteiger partial charge in [-0.2, -0.15) is 0 Å². The van der Waals surface area contributed by atoms with Crippen molar-refractivity contribution in [3.8, 4) is 0 Å². The van der Waals surface area contributed by atoms with E-state index in [1.165, 1.54) is 16.8 Å². The monoisotopic (exact) mass is 283 g/mol. The smallest absolute Gasteiger partial charge is 0.0989 e. The molecule has 0 fully saturated rings. The Labute approximate surface area is 125 Å². The van der Waals surface area contributed by atoms with Crippen LogP contribution in [-0.4, -0.2) is 22.2 Å². The van der Waals surface area contributed by atoms with Crippen LogP contribution < -0.4 is 5.73 Å². The molecule has 4 heteroatoms. The SMILES string of the molecule is NC1CCCC(n2ccnc2)=C1COCc1ccccc1. The van der Waals surface area contributed by atoms with Crippen LogP contribution in [0.4, 0.5) is 0 Å². The average molecular weight is 283 g/mol.